The fraction of sp³-hybridized carbons (Fsp3) is 0.300. The topological polar surface area (TPSA) is 145 Å². The molecule has 1 atom stereocenters. The van der Waals surface area contributed by atoms with Gasteiger partial charge in [-0.05, 0) is 31.4 Å². The summed E-state index contributed by atoms with van der Waals surface area (Å²) in [6, 6.07) is 14.7. The van der Waals surface area contributed by atoms with Gasteiger partial charge in [-0.2, -0.15) is 0 Å². The van der Waals surface area contributed by atoms with E-state index < -0.39 is 6.04 Å². The Hall–Kier alpha value is -4.17. The highest BCUT2D eigenvalue weighted by Gasteiger charge is 2.28. The van der Waals surface area contributed by atoms with Crippen LogP contribution in [0.25, 0.3) is 11.3 Å². The molecule has 3 rings (SSSR count). The molecule has 0 saturated heterocycles. The minimum absolute atomic E-state index is 0.0557. The number of fused-ring (bicyclic) bond motifs is 2. The molecular weight excluding hydrogens is 478 g/mol. The Labute approximate surface area is 224 Å². The molecule has 0 aliphatic carbocycles. The third-order valence-corrected chi connectivity index (χ3v) is 6.44. The van der Waals surface area contributed by atoms with E-state index in [-0.39, 0.29) is 37.0 Å². The number of anilines is 1. The lowest BCUT2D eigenvalue weighted by atomic mass is 9.87. The van der Waals surface area contributed by atoms with Crippen molar-refractivity contribution in [2.45, 2.75) is 51.6 Å². The molecule has 1 unspecified atom stereocenters. The Bertz CT molecular complexity index is 1250. The van der Waals surface area contributed by atoms with Crippen molar-refractivity contribution in [2.75, 3.05) is 11.4 Å². The Morgan fingerprint density at radius 3 is 2.45 bits per heavy atom. The Morgan fingerprint density at radius 1 is 1.00 bits per heavy atom. The monoisotopic (exact) mass is 515 g/mol. The van der Waals surface area contributed by atoms with E-state index in [1.807, 2.05) is 79.8 Å². The summed E-state index contributed by atoms with van der Waals surface area (Å²) >= 11 is 0. The standard InChI is InChI=1S/C30H37N5O3/c1-2-3-4-9-19-34-27(37)17-18-28(38)35-20-21-11-5-6-12-22(21)30(33)29(23-13-7-8-15-25(23)35)24(31)14-10-16-26(32)36/h2-9,11-13,15,24H,10,14,16-20,31,33H2,1H3,(H2,32,36)(H,34,37)/b3-2-,9-4+,30-29-. The first kappa shape index (κ1) is 28.4. The van der Waals surface area contributed by atoms with Crippen LogP contribution >= 0.6 is 0 Å². The molecule has 0 spiro atoms. The minimum Gasteiger partial charge on any atom is -0.398 e. The largest absolute Gasteiger partial charge is 0.398 e. The number of carbonyl (C=O) groups excluding carboxylic acids is 3. The van der Waals surface area contributed by atoms with E-state index in [0.29, 0.717) is 37.3 Å². The lowest BCUT2D eigenvalue weighted by Crippen LogP contribution is -2.35. The summed E-state index contributed by atoms with van der Waals surface area (Å²) in [5.41, 5.74) is 23.1. The molecule has 200 valence electrons. The van der Waals surface area contributed by atoms with Gasteiger partial charge in [-0.3, -0.25) is 14.4 Å². The maximum atomic E-state index is 13.6. The Morgan fingerprint density at radius 2 is 1.71 bits per heavy atom. The van der Waals surface area contributed by atoms with Gasteiger partial charge in [0.25, 0.3) is 0 Å². The molecule has 0 bridgehead atoms. The van der Waals surface area contributed by atoms with Crippen LogP contribution in [0.1, 0.15) is 55.7 Å². The number of hydrogen-bond donors (Lipinski definition) is 4. The van der Waals surface area contributed by atoms with E-state index in [0.717, 1.165) is 22.3 Å². The van der Waals surface area contributed by atoms with E-state index in [4.69, 9.17) is 17.2 Å². The van der Waals surface area contributed by atoms with Crippen molar-refractivity contribution < 1.29 is 14.4 Å². The predicted molar refractivity (Wildman–Crippen MR) is 152 cm³/mol. The second kappa shape index (κ2) is 13.9. The van der Waals surface area contributed by atoms with Crippen LogP contribution < -0.4 is 27.4 Å². The summed E-state index contributed by atoms with van der Waals surface area (Å²) in [5.74, 6) is -0.739. The highest BCUT2D eigenvalue weighted by molar-refractivity contribution is 6.03. The van der Waals surface area contributed by atoms with Gasteiger partial charge < -0.3 is 27.4 Å². The van der Waals surface area contributed by atoms with Crippen LogP contribution in [0.5, 0.6) is 0 Å². The molecule has 2 aromatic rings. The van der Waals surface area contributed by atoms with Crippen molar-refractivity contribution in [2.24, 2.45) is 17.2 Å². The van der Waals surface area contributed by atoms with Crippen molar-refractivity contribution >= 4 is 34.7 Å². The van der Waals surface area contributed by atoms with E-state index in [1.165, 1.54) is 0 Å². The van der Waals surface area contributed by atoms with Crippen molar-refractivity contribution in [3.05, 3.63) is 89.5 Å². The Balaban J connectivity index is 1.91. The molecular formula is C30H37N5O3. The average molecular weight is 516 g/mol. The van der Waals surface area contributed by atoms with Crippen molar-refractivity contribution in [1.82, 2.24) is 5.32 Å². The van der Waals surface area contributed by atoms with Gasteiger partial charge in [-0.15, -0.1) is 0 Å². The van der Waals surface area contributed by atoms with E-state index in [2.05, 4.69) is 5.32 Å². The van der Waals surface area contributed by atoms with E-state index in [9.17, 15) is 14.4 Å². The second-order valence-electron chi connectivity index (χ2n) is 9.20. The maximum absolute atomic E-state index is 13.6. The minimum atomic E-state index is -0.472. The molecule has 0 saturated carbocycles. The number of nitrogens with zero attached hydrogens (tertiary/aromatic N) is 1. The Kier molecular flexibility index (Phi) is 10.4. The molecule has 3 amide bonds. The summed E-state index contributed by atoms with van der Waals surface area (Å²) in [6.07, 6.45) is 8.88. The quantitative estimate of drug-likeness (QED) is 0.339. The summed E-state index contributed by atoms with van der Waals surface area (Å²) in [5, 5.41) is 2.81. The van der Waals surface area contributed by atoms with Crippen LogP contribution in [-0.4, -0.2) is 30.3 Å². The molecule has 0 radical (unpaired) electrons. The van der Waals surface area contributed by atoms with Gasteiger partial charge in [0, 0.05) is 54.2 Å². The van der Waals surface area contributed by atoms with Crippen LogP contribution in [0.2, 0.25) is 0 Å². The molecule has 2 aromatic carbocycles. The number of hydrogen-bond acceptors (Lipinski definition) is 5. The summed E-state index contributed by atoms with van der Waals surface area (Å²) in [6.45, 7) is 2.63. The van der Waals surface area contributed by atoms with Crippen molar-refractivity contribution in [3.8, 4) is 0 Å². The SMILES string of the molecule is C/C=C\C=C\CNC(=O)CCC(=O)N1Cc2ccccc2/C(N)=C(/C(N)CCCC(N)=O)c2ccccc21. The highest BCUT2D eigenvalue weighted by Crippen LogP contribution is 2.38. The fourth-order valence-electron chi connectivity index (χ4n) is 4.54. The highest BCUT2D eigenvalue weighted by atomic mass is 16.2. The average Bonchev–Trinajstić information content (AvgIpc) is 2.90. The van der Waals surface area contributed by atoms with Gasteiger partial charge in [-0.25, -0.2) is 0 Å². The van der Waals surface area contributed by atoms with Gasteiger partial charge in [0.05, 0.1) is 12.2 Å². The van der Waals surface area contributed by atoms with Crippen LogP contribution in [0.15, 0.2) is 72.8 Å². The number of amides is 3. The zero-order valence-corrected chi connectivity index (χ0v) is 21.9. The van der Waals surface area contributed by atoms with E-state index in [1.54, 1.807) is 4.90 Å². The zero-order chi connectivity index (χ0) is 27.5. The summed E-state index contributed by atoms with van der Waals surface area (Å²) < 4.78 is 0. The van der Waals surface area contributed by atoms with Crippen LogP contribution in [0.4, 0.5) is 5.69 Å². The number of rotatable bonds is 11. The third-order valence-electron chi connectivity index (χ3n) is 6.44. The molecule has 8 nitrogen and oxygen atoms in total. The molecule has 0 fully saturated rings. The fourth-order valence-corrected chi connectivity index (χ4v) is 4.54. The number of benzene rings is 2. The number of para-hydroxylation sites is 1. The predicted octanol–water partition coefficient (Wildman–Crippen LogP) is 3.37. The molecule has 38 heavy (non-hydrogen) atoms. The summed E-state index contributed by atoms with van der Waals surface area (Å²) in [7, 11) is 0. The van der Waals surface area contributed by atoms with Gasteiger partial charge in [0.1, 0.15) is 0 Å². The maximum Gasteiger partial charge on any atom is 0.227 e. The smallest absolute Gasteiger partial charge is 0.227 e. The van der Waals surface area contributed by atoms with E-state index >= 15 is 0 Å². The van der Waals surface area contributed by atoms with Gasteiger partial charge in [0.15, 0.2) is 0 Å². The second-order valence-corrected chi connectivity index (χ2v) is 9.20. The lowest BCUT2D eigenvalue weighted by molar-refractivity contribution is -0.125. The number of carbonyl (C=O) groups is 3. The van der Waals surface area contributed by atoms with Crippen LogP contribution in [0.3, 0.4) is 0 Å². The van der Waals surface area contributed by atoms with Gasteiger partial charge >= 0.3 is 0 Å². The third kappa shape index (κ3) is 7.43. The summed E-state index contributed by atoms with van der Waals surface area (Å²) in [4.78, 5) is 38.9. The van der Waals surface area contributed by atoms with Gasteiger partial charge in [0.2, 0.25) is 17.7 Å². The number of primary amides is 1. The van der Waals surface area contributed by atoms with Crippen molar-refractivity contribution in [1.29, 1.82) is 0 Å². The molecule has 8 heteroatoms. The van der Waals surface area contributed by atoms with Gasteiger partial charge in [-0.1, -0.05) is 66.8 Å². The first-order valence-corrected chi connectivity index (χ1v) is 12.9. The first-order valence-electron chi connectivity index (χ1n) is 12.9. The van der Waals surface area contributed by atoms with Crippen LogP contribution in [0, 0.1) is 0 Å². The normalized spacial score (nSPS) is 16.0. The molecule has 1 aliphatic heterocycles. The zero-order valence-electron chi connectivity index (χ0n) is 21.9. The molecule has 7 N–H and O–H groups in total. The molecule has 1 heterocycles. The number of nitrogens with one attached hydrogen (secondary N) is 1. The number of allylic oxidation sites excluding steroid dienone is 3. The molecule has 0 aromatic heterocycles. The molecule has 1 aliphatic rings. The number of nitrogens with two attached hydrogens (primary N) is 3. The van der Waals surface area contributed by atoms with Crippen LogP contribution in [-0.2, 0) is 20.9 Å². The first-order chi connectivity index (χ1) is 18.3. The lowest BCUT2D eigenvalue weighted by Gasteiger charge is -2.32. The van der Waals surface area contributed by atoms with Crippen molar-refractivity contribution in [3.63, 3.8) is 0 Å².